The molecule has 1 unspecified atom stereocenters. The van der Waals surface area contributed by atoms with E-state index in [0.717, 1.165) is 5.69 Å². The zero-order valence-corrected chi connectivity index (χ0v) is 13.7. The highest BCUT2D eigenvalue weighted by Crippen LogP contribution is 2.16. The van der Waals surface area contributed by atoms with Gasteiger partial charge in [-0.3, -0.25) is 9.78 Å². The summed E-state index contributed by atoms with van der Waals surface area (Å²) in [6.07, 6.45) is 5.85. The molecule has 2 aromatic rings. The molecule has 23 heavy (non-hydrogen) atoms. The lowest BCUT2D eigenvalue weighted by Gasteiger charge is -2.26. The molecule has 1 saturated heterocycles. The molecule has 1 aliphatic rings. The lowest BCUT2D eigenvalue weighted by Crippen LogP contribution is -2.41. The molecule has 0 aliphatic carbocycles. The standard InChI is InChI=1S/C16H19N3O3S/c1-13-12-23(21,22)10-4-9-19(13)16(20)15-11-14(5-6-17-15)18-7-2-3-8-18/h2-3,5-8,11,13H,4,9-10,12H2,1H3. The van der Waals surface area contributed by atoms with E-state index >= 15 is 0 Å². The van der Waals surface area contributed by atoms with Crippen LogP contribution in [0.15, 0.2) is 42.9 Å². The zero-order valence-electron chi connectivity index (χ0n) is 12.9. The summed E-state index contributed by atoms with van der Waals surface area (Å²) in [7, 11) is -3.08. The van der Waals surface area contributed by atoms with Gasteiger partial charge in [0.1, 0.15) is 5.69 Å². The van der Waals surface area contributed by atoms with Crippen molar-refractivity contribution in [2.75, 3.05) is 18.1 Å². The summed E-state index contributed by atoms with van der Waals surface area (Å²) in [5.74, 6) is -0.0721. The number of hydrogen-bond acceptors (Lipinski definition) is 4. The molecule has 0 aromatic carbocycles. The molecule has 0 spiro atoms. The van der Waals surface area contributed by atoms with Crippen molar-refractivity contribution in [1.82, 2.24) is 14.5 Å². The molecule has 2 aromatic heterocycles. The van der Waals surface area contributed by atoms with Crippen LogP contribution in [0.2, 0.25) is 0 Å². The SMILES string of the molecule is CC1CS(=O)(=O)CCCN1C(=O)c1cc(-n2cccc2)ccn1. The van der Waals surface area contributed by atoms with Crippen molar-refractivity contribution < 1.29 is 13.2 Å². The van der Waals surface area contributed by atoms with E-state index < -0.39 is 9.84 Å². The van der Waals surface area contributed by atoms with Crippen molar-refractivity contribution in [3.05, 3.63) is 48.5 Å². The van der Waals surface area contributed by atoms with Crippen LogP contribution < -0.4 is 0 Å². The van der Waals surface area contributed by atoms with Crippen LogP contribution in [0.5, 0.6) is 0 Å². The van der Waals surface area contributed by atoms with Crippen LogP contribution in [-0.2, 0) is 9.84 Å². The molecular weight excluding hydrogens is 314 g/mol. The minimum absolute atomic E-state index is 0.00995. The summed E-state index contributed by atoms with van der Waals surface area (Å²) in [5.41, 5.74) is 1.19. The Hall–Kier alpha value is -2.15. The number of carbonyl (C=O) groups is 1. The van der Waals surface area contributed by atoms with Crippen LogP contribution in [-0.4, -0.2) is 52.9 Å². The highest BCUT2D eigenvalue weighted by atomic mass is 32.2. The third-order valence-corrected chi connectivity index (χ3v) is 5.91. The fourth-order valence-electron chi connectivity index (χ4n) is 2.87. The van der Waals surface area contributed by atoms with Gasteiger partial charge in [0.15, 0.2) is 9.84 Å². The van der Waals surface area contributed by atoms with E-state index in [1.54, 1.807) is 24.1 Å². The van der Waals surface area contributed by atoms with Crippen LogP contribution in [0, 0.1) is 0 Å². The maximum absolute atomic E-state index is 12.8. The predicted octanol–water partition coefficient (Wildman–Crippen LogP) is 1.52. The molecular formula is C16H19N3O3S. The number of pyridine rings is 1. The first-order chi connectivity index (χ1) is 11.0. The predicted molar refractivity (Wildman–Crippen MR) is 87.3 cm³/mol. The number of amides is 1. The average molecular weight is 333 g/mol. The molecule has 0 saturated carbocycles. The number of hydrogen-bond donors (Lipinski definition) is 0. The molecule has 1 fully saturated rings. The van der Waals surface area contributed by atoms with Gasteiger partial charge in [0, 0.05) is 36.9 Å². The van der Waals surface area contributed by atoms with Gasteiger partial charge >= 0.3 is 0 Å². The first kappa shape index (κ1) is 15.7. The Morgan fingerprint density at radius 3 is 2.78 bits per heavy atom. The smallest absolute Gasteiger partial charge is 0.272 e. The first-order valence-electron chi connectivity index (χ1n) is 7.57. The molecule has 1 aliphatic heterocycles. The largest absolute Gasteiger partial charge is 0.334 e. The van der Waals surface area contributed by atoms with Gasteiger partial charge in [-0.25, -0.2) is 8.42 Å². The average Bonchev–Trinajstić information content (AvgIpc) is 3.00. The molecule has 1 atom stereocenters. The fraction of sp³-hybridized carbons (Fsp3) is 0.375. The van der Waals surface area contributed by atoms with Crippen molar-refractivity contribution in [2.45, 2.75) is 19.4 Å². The minimum atomic E-state index is -3.08. The quantitative estimate of drug-likeness (QED) is 0.835. The summed E-state index contributed by atoms with van der Waals surface area (Å²) in [6.45, 7) is 2.21. The van der Waals surface area contributed by atoms with E-state index in [4.69, 9.17) is 0 Å². The molecule has 6 nitrogen and oxygen atoms in total. The van der Waals surface area contributed by atoms with Crippen molar-refractivity contribution in [3.8, 4) is 5.69 Å². The Kier molecular flexibility index (Phi) is 4.21. The second-order valence-electron chi connectivity index (χ2n) is 5.81. The van der Waals surface area contributed by atoms with Gasteiger partial charge in [0.25, 0.3) is 5.91 Å². The van der Waals surface area contributed by atoms with Gasteiger partial charge in [-0.1, -0.05) is 0 Å². The number of aromatic nitrogens is 2. The van der Waals surface area contributed by atoms with Gasteiger partial charge < -0.3 is 9.47 Å². The third-order valence-electron chi connectivity index (χ3n) is 4.01. The van der Waals surface area contributed by atoms with E-state index in [0.29, 0.717) is 18.7 Å². The van der Waals surface area contributed by atoms with E-state index in [-0.39, 0.29) is 23.5 Å². The summed E-state index contributed by atoms with van der Waals surface area (Å²) in [4.78, 5) is 18.5. The summed E-state index contributed by atoms with van der Waals surface area (Å²) in [6, 6.07) is 7.03. The van der Waals surface area contributed by atoms with Gasteiger partial charge in [-0.15, -0.1) is 0 Å². The molecule has 122 valence electrons. The number of sulfone groups is 1. The molecule has 0 bridgehead atoms. The van der Waals surface area contributed by atoms with Crippen molar-refractivity contribution >= 4 is 15.7 Å². The highest BCUT2D eigenvalue weighted by Gasteiger charge is 2.29. The maximum Gasteiger partial charge on any atom is 0.272 e. The fourth-order valence-corrected chi connectivity index (χ4v) is 4.52. The van der Waals surface area contributed by atoms with Crippen LogP contribution in [0.4, 0.5) is 0 Å². The number of carbonyl (C=O) groups excluding carboxylic acids is 1. The normalized spacial score (nSPS) is 20.9. The van der Waals surface area contributed by atoms with E-state index in [2.05, 4.69) is 4.98 Å². The summed E-state index contributed by atoms with van der Waals surface area (Å²) < 4.78 is 25.6. The molecule has 3 heterocycles. The number of rotatable bonds is 2. The monoisotopic (exact) mass is 333 g/mol. The van der Waals surface area contributed by atoms with Crippen molar-refractivity contribution in [3.63, 3.8) is 0 Å². The highest BCUT2D eigenvalue weighted by molar-refractivity contribution is 7.91. The zero-order chi connectivity index (χ0) is 16.4. The summed E-state index contributed by atoms with van der Waals surface area (Å²) >= 11 is 0. The van der Waals surface area contributed by atoms with E-state index in [1.807, 2.05) is 35.2 Å². The van der Waals surface area contributed by atoms with E-state index in [1.165, 1.54) is 0 Å². The lowest BCUT2D eigenvalue weighted by atomic mass is 10.2. The Labute approximate surface area is 135 Å². The number of nitrogens with zero attached hydrogens (tertiary/aromatic N) is 3. The molecule has 0 radical (unpaired) electrons. The van der Waals surface area contributed by atoms with Crippen LogP contribution in [0.3, 0.4) is 0 Å². The minimum Gasteiger partial charge on any atom is -0.334 e. The topological polar surface area (TPSA) is 72.3 Å². The van der Waals surface area contributed by atoms with Crippen molar-refractivity contribution in [1.29, 1.82) is 0 Å². The van der Waals surface area contributed by atoms with Gasteiger partial charge in [-0.2, -0.15) is 0 Å². The maximum atomic E-state index is 12.8. The summed E-state index contributed by atoms with van der Waals surface area (Å²) in [5, 5.41) is 0. The first-order valence-corrected chi connectivity index (χ1v) is 9.39. The Morgan fingerprint density at radius 2 is 2.04 bits per heavy atom. The van der Waals surface area contributed by atoms with Crippen molar-refractivity contribution in [2.24, 2.45) is 0 Å². The van der Waals surface area contributed by atoms with Gasteiger partial charge in [-0.05, 0) is 37.6 Å². The van der Waals surface area contributed by atoms with E-state index in [9.17, 15) is 13.2 Å². The van der Waals surface area contributed by atoms with Crippen LogP contribution >= 0.6 is 0 Å². The third kappa shape index (κ3) is 3.44. The lowest BCUT2D eigenvalue weighted by molar-refractivity contribution is 0.0706. The van der Waals surface area contributed by atoms with Crippen LogP contribution in [0.25, 0.3) is 5.69 Å². The van der Waals surface area contributed by atoms with Gasteiger partial charge in [0.2, 0.25) is 0 Å². The molecule has 1 amide bonds. The second kappa shape index (κ2) is 6.16. The van der Waals surface area contributed by atoms with Gasteiger partial charge in [0.05, 0.1) is 11.5 Å². The van der Waals surface area contributed by atoms with Crippen LogP contribution in [0.1, 0.15) is 23.8 Å². The Bertz CT molecular complexity index is 800. The Morgan fingerprint density at radius 1 is 1.30 bits per heavy atom. The molecule has 7 heteroatoms. The second-order valence-corrected chi connectivity index (χ2v) is 8.03. The molecule has 3 rings (SSSR count). The Balaban J connectivity index is 1.87. The molecule has 0 N–H and O–H groups in total.